The minimum atomic E-state index is 0.0521. The van der Waals surface area contributed by atoms with Crippen LogP contribution in [0.25, 0.3) is 0 Å². The van der Waals surface area contributed by atoms with Crippen molar-refractivity contribution in [2.75, 3.05) is 5.32 Å². The number of rotatable bonds is 2. The number of carbonyl (C=O) groups is 2. The van der Waals surface area contributed by atoms with Gasteiger partial charge >= 0.3 is 0 Å². The molecule has 0 saturated heterocycles. The molecule has 0 radical (unpaired) electrons. The fraction of sp³-hybridized carbons (Fsp3) is 0.294. The van der Waals surface area contributed by atoms with E-state index < -0.39 is 0 Å². The summed E-state index contributed by atoms with van der Waals surface area (Å²) in [5.74, 6) is 0.158. The lowest BCUT2D eigenvalue weighted by atomic mass is 9.98. The molecule has 21 heavy (non-hydrogen) atoms. The number of thiophene rings is 1. The van der Waals surface area contributed by atoms with E-state index in [1.165, 1.54) is 16.9 Å². The van der Waals surface area contributed by atoms with Gasteiger partial charge in [0.1, 0.15) is 0 Å². The summed E-state index contributed by atoms with van der Waals surface area (Å²) in [6.07, 6.45) is 4.65. The molecule has 1 N–H and O–H groups in total. The molecule has 0 spiro atoms. The minimum Gasteiger partial charge on any atom is -0.326 e. The third-order valence-electron chi connectivity index (χ3n) is 4.23. The van der Waals surface area contributed by atoms with Crippen molar-refractivity contribution in [2.45, 2.75) is 32.1 Å². The molecule has 1 amide bonds. The normalized spacial score (nSPS) is 16.3. The Kier molecular flexibility index (Phi) is 2.93. The maximum Gasteiger partial charge on any atom is 0.224 e. The van der Waals surface area contributed by atoms with Crippen molar-refractivity contribution in [3.8, 4) is 0 Å². The van der Waals surface area contributed by atoms with Crippen LogP contribution in [0.1, 0.15) is 44.1 Å². The molecular weight excluding hydrogens is 282 g/mol. The molecular formula is C17H15NO2S. The topological polar surface area (TPSA) is 46.2 Å². The lowest BCUT2D eigenvalue weighted by Crippen LogP contribution is -2.19. The quantitative estimate of drug-likeness (QED) is 0.864. The van der Waals surface area contributed by atoms with Crippen molar-refractivity contribution in [3.63, 3.8) is 0 Å². The van der Waals surface area contributed by atoms with Crippen molar-refractivity contribution in [1.29, 1.82) is 0 Å². The van der Waals surface area contributed by atoms with Crippen LogP contribution in [0.4, 0.5) is 5.69 Å². The molecule has 3 nitrogen and oxygen atoms in total. The van der Waals surface area contributed by atoms with E-state index >= 15 is 0 Å². The van der Waals surface area contributed by atoms with Gasteiger partial charge in [-0.25, -0.2) is 0 Å². The monoisotopic (exact) mass is 297 g/mol. The summed E-state index contributed by atoms with van der Waals surface area (Å²) < 4.78 is 0. The van der Waals surface area contributed by atoms with Gasteiger partial charge in [0, 0.05) is 22.5 Å². The van der Waals surface area contributed by atoms with Crippen LogP contribution in [0.15, 0.2) is 24.3 Å². The van der Waals surface area contributed by atoms with Gasteiger partial charge in [0.15, 0.2) is 0 Å². The molecule has 0 atom stereocenters. The van der Waals surface area contributed by atoms with Crippen LogP contribution in [-0.2, 0) is 24.1 Å². The van der Waals surface area contributed by atoms with Crippen LogP contribution in [0.5, 0.6) is 0 Å². The standard InChI is InChI=1S/C17H15NO2S/c19-16-7-5-10-8-12(4-6-13(10)18-16)17(20)15-9-11-2-1-3-14(11)21-15/h4,6,8-9H,1-3,5,7H2,(H,18,19). The maximum atomic E-state index is 12.6. The Morgan fingerprint density at radius 3 is 2.81 bits per heavy atom. The average Bonchev–Trinajstić information content (AvgIpc) is 3.07. The molecule has 4 heteroatoms. The second-order valence-corrected chi connectivity index (χ2v) is 6.80. The van der Waals surface area contributed by atoms with E-state index in [0.717, 1.165) is 34.5 Å². The van der Waals surface area contributed by atoms with Crippen molar-refractivity contribution >= 4 is 28.7 Å². The Balaban J connectivity index is 1.66. The fourth-order valence-corrected chi connectivity index (χ4v) is 4.32. The highest BCUT2D eigenvalue weighted by atomic mass is 32.1. The van der Waals surface area contributed by atoms with Gasteiger partial charge in [0.05, 0.1) is 4.88 Å². The van der Waals surface area contributed by atoms with Crippen LogP contribution in [0.3, 0.4) is 0 Å². The SMILES string of the molecule is O=C1CCc2cc(C(=O)c3cc4c(s3)CCC4)ccc2N1. The molecule has 2 aromatic rings. The van der Waals surface area contributed by atoms with Gasteiger partial charge in [0.2, 0.25) is 11.7 Å². The van der Waals surface area contributed by atoms with E-state index in [2.05, 4.69) is 11.4 Å². The summed E-state index contributed by atoms with van der Waals surface area (Å²) in [6, 6.07) is 7.66. The molecule has 0 fully saturated rings. The summed E-state index contributed by atoms with van der Waals surface area (Å²) in [7, 11) is 0. The van der Waals surface area contributed by atoms with Gasteiger partial charge in [-0.2, -0.15) is 0 Å². The van der Waals surface area contributed by atoms with Crippen molar-refractivity contribution < 1.29 is 9.59 Å². The number of nitrogens with one attached hydrogen (secondary N) is 1. The zero-order valence-electron chi connectivity index (χ0n) is 11.6. The predicted octanol–water partition coefficient (Wildman–Crippen LogP) is 3.35. The van der Waals surface area contributed by atoms with Gasteiger partial charge in [-0.1, -0.05) is 0 Å². The van der Waals surface area contributed by atoms with E-state index in [1.54, 1.807) is 11.3 Å². The number of carbonyl (C=O) groups excluding carboxylic acids is 2. The van der Waals surface area contributed by atoms with E-state index in [1.807, 2.05) is 18.2 Å². The molecule has 1 aliphatic carbocycles. The molecule has 2 heterocycles. The molecule has 1 aromatic heterocycles. The lowest BCUT2D eigenvalue weighted by Gasteiger charge is -2.17. The molecule has 106 valence electrons. The van der Waals surface area contributed by atoms with Crippen LogP contribution < -0.4 is 5.32 Å². The molecule has 0 saturated carbocycles. The largest absolute Gasteiger partial charge is 0.326 e. The first-order valence-corrected chi connectivity index (χ1v) is 8.11. The molecule has 1 aromatic carbocycles. The van der Waals surface area contributed by atoms with Crippen LogP contribution in [0, 0.1) is 0 Å². The smallest absolute Gasteiger partial charge is 0.224 e. The number of fused-ring (bicyclic) bond motifs is 2. The first kappa shape index (κ1) is 12.8. The molecule has 0 bridgehead atoms. The van der Waals surface area contributed by atoms with Crippen molar-refractivity contribution in [1.82, 2.24) is 0 Å². The maximum absolute atomic E-state index is 12.6. The van der Waals surface area contributed by atoms with Gasteiger partial charge in [-0.05, 0) is 61.1 Å². The summed E-state index contributed by atoms with van der Waals surface area (Å²) in [6.45, 7) is 0. The second-order valence-electron chi connectivity index (χ2n) is 5.66. The van der Waals surface area contributed by atoms with E-state index in [0.29, 0.717) is 12.8 Å². The molecule has 2 aliphatic rings. The van der Waals surface area contributed by atoms with Gasteiger partial charge in [-0.15, -0.1) is 11.3 Å². The summed E-state index contributed by atoms with van der Waals surface area (Å²) >= 11 is 1.64. The Hall–Kier alpha value is -1.94. The zero-order valence-corrected chi connectivity index (χ0v) is 12.4. The summed E-state index contributed by atoms with van der Waals surface area (Å²) in [5, 5.41) is 2.85. The van der Waals surface area contributed by atoms with Gasteiger partial charge in [-0.3, -0.25) is 9.59 Å². The number of hydrogen-bond donors (Lipinski definition) is 1. The van der Waals surface area contributed by atoms with Gasteiger partial charge < -0.3 is 5.32 Å². The third kappa shape index (κ3) is 2.20. The lowest BCUT2D eigenvalue weighted by molar-refractivity contribution is -0.116. The number of amides is 1. The first-order chi connectivity index (χ1) is 10.2. The zero-order chi connectivity index (χ0) is 14.4. The highest BCUT2D eigenvalue weighted by molar-refractivity contribution is 7.14. The minimum absolute atomic E-state index is 0.0521. The molecule has 1 aliphatic heterocycles. The van der Waals surface area contributed by atoms with Crippen LogP contribution in [0.2, 0.25) is 0 Å². The van der Waals surface area contributed by atoms with Crippen molar-refractivity contribution in [2.24, 2.45) is 0 Å². The Morgan fingerprint density at radius 1 is 1.05 bits per heavy atom. The number of anilines is 1. The third-order valence-corrected chi connectivity index (χ3v) is 5.47. The Morgan fingerprint density at radius 2 is 1.95 bits per heavy atom. The molecule has 0 unspecified atom stereocenters. The van der Waals surface area contributed by atoms with Gasteiger partial charge in [0.25, 0.3) is 0 Å². The van der Waals surface area contributed by atoms with E-state index in [-0.39, 0.29) is 11.7 Å². The Labute approximate surface area is 127 Å². The summed E-state index contributed by atoms with van der Waals surface area (Å²) in [4.78, 5) is 26.2. The van der Waals surface area contributed by atoms with E-state index in [4.69, 9.17) is 0 Å². The Bertz CT molecular complexity index is 739. The highest BCUT2D eigenvalue weighted by Gasteiger charge is 2.21. The first-order valence-electron chi connectivity index (χ1n) is 7.30. The predicted molar refractivity (Wildman–Crippen MR) is 83.2 cm³/mol. The molecule has 4 rings (SSSR count). The number of benzene rings is 1. The number of aryl methyl sites for hydroxylation is 3. The number of ketones is 1. The van der Waals surface area contributed by atoms with Crippen molar-refractivity contribution in [3.05, 3.63) is 50.7 Å². The van der Waals surface area contributed by atoms with E-state index in [9.17, 15) is 9.59 Å². The fourth-order valence-electron chi connectivity index (χ4n) is 3.11. The second kappa shape index (κ2) is 4.81. The average molecular weight is 297 g/mol. The van der Waals surface area contributed by atoms with Crippen LogP contribution in [-0.4, -0.2) is 11.7 Å². The highest BCUT2D eigenvalue weighted by Crippen LogP contribution is 2.32. The van der Waals surface area contributed by atoms with Crippen LogP contribution >= 0.6 is 11.3 Å². The number of hydrogen-bond acceptors (Lipinski definition) is 3. The summed E-state index contributed by atoms with van der Waals surface area (Å²) in [5.41, 5.74) is 3.99.